The largest absolute Gasteiger partial charge is 0.472 e. The van der Waals surface area contributed by atoms with Crippen molar-refractivity contribution in [2.24, 2.45) is 5.92 Å². The van der Waals surface area contributed by atoms with E-state index in [2.05, 4.69) is 14.9 Å². The van der Waals surface area contributed by atoms with Crippen LogP contribution in [-0.2, 0) is 4.79 Å². The molecule has 1 amide bonds. The van der Waals surface area contributed by atoms with Gasteiger partial charge in [-0.2, -0.15) is 0 Å². The normalized spacial score (nSPS) is 24.7. The molecule has 0 spiro atoms. The molecule has 6 heteroatoms. The van der Waals surface area contributed by atoms with E-state index >= 15 is 0 Å². The number of ether oxygens (including phenoxy) is 1. The van der Waals surface area contributed by atoms with E-state index < -0.39 is 0 Å². The first kappa shape index (κ1) is 16.6. The fourth-order valence-electron chi connectivity index (χ4n) is 4.32. The number of aromatic nitrogens is 2. The summed E-state index contributed by atoms with van der Waals surface area (Å²) in [5, 5.41) is 0. The number of nitrogens with zero attached hydrogens (tertiary/aromatic N) is 4. The van der Waals surface area contributed by atoms with Crippen LogP contribution in [0.15, 0.2) is 12.4 Å². The monoisotopic (exact) mass is 344 g/mol. The molecule has 1 aromatic rings. The van der Waals surface area contributed by atoms with E-state index in [1.54, 1.807) is 6.33 Å². The first-order valence-corrected chi connectivity index (χ1v) is 9.82. The Morgan fingerprint density at radius 3 is 2.60 bits per heavy atom. The molecule has 136 valence electrons. The fraction of sp³-hybridized carbons (Fsp3) is 0.737. The van der Waals surface area contributed by atoms with Gasteiger partial charge in [0.15, 0.2) is 0 Å². The molecule has 0 aromatic carbocycles. The Hall–Kier alpha value is -1.85. The van der Waals surface area contributed by atoms with E-state index in [0.29, 0.717) is 18.3 Å². The van der Waals surface area contributed by atoms with E-state index in [0.717, 1.165) is 44.7 Å². The van der Waals surface area contributed by atoms with Crippen molar-refractivity contribution in [3.63, 3.8) is 0 Å². The lowest BCUT2D eigenvalue weighted by atomic mass is 10.1. The van der Waals surface area contributed by atoms with Gasteiger partial charge in [0.25, 0.3) is 0 Å². The molecule has 2 aliphatic heterocycles. The summed E-state index contributed by atoms with van der Waals surface area (Å²) in [5.41, 5.74) is 0. The molecule has 2 saturated heterocycles. The van der Waals surface area contributed by atoms with Gasteiger partial charge in [0.05, 0.1) is 6.54 Å². The lowest BCUT2D eigenvalue weighted by molar-refractivity contribution is -0.134. The predicted molar refractivity (Wildman–Crippen MR) is 95.7 cm³/mol. The Balaban J connectivity index is 1.34. The Labute approximate surface area is 149 Å². The maximum absolute atomic E-state index is 12.5. The number of piperidine rings is 1. The van der Waals surface area contributed by atoms with Crippen LogP contribution in [0.2, 0.25) is 0 Å². The quantitative estimate of drug-likeness (QED) is 0.840. The molecular weight excluding hydrogens is 316 g/mol. The van der Waals surface area contributed by atoms with E-state index in [4.69, 9.17) is 4.74 Å². The zero-order valence-corrected chi connectivity index (χ0v) is 14.9. The number of amides is 1. The van der Waals surface area contributed by atoms with Gasteiger partial charge in [-0.25, -0.2) is 9.97 Å². The lowest BCUT2D eigenvalue weighted by Crippen LogP contribution is -2.35. The summed E-state index contributed by atoms with van der Waals surface area (Å²) in [5.74, 6) is 2.18. The Kier molecular flexibility index (Phi) is 5.04. The topological polar surface area (TPSA) is 58.6 Å². The first-order valence-electron chi connectivity index (χ1n) is 9.82. The van der Waals surface area contributed by atoms with E-state index in [1.165, 1.54) is 32.1 Å². The van der Waals surface area contributed by atoms with Gasteiger partial charge in [-0.3, -0.25) is 4.79 Å². The molecule has 0 unspecified atom stereocenters. The van der Waals surface area contributed by atoms with Crippen LogP contribution in [-0.4, -0.2) is 53.1 Å². The summed E-state index contributed by atoms with van der Waals surface area (Å²) in [6.45, 7) is 3.62. The van der Waals surface area contributed by atoms with Crippen LogP contribution in [0.1, 0.15) is 51.4 Å². The highest BCUT2D eigenvalue weighted by Crippen LogP contribution is 2.29. The summed E-state index contributed by atoms with van der Waals surface area (Å²) in [6, 6.07) is 1.95. The van der Waals surface area contributed by atoms with Crippen LogP contribution in [0.25, 0.3) is 0 Å². The van der Waals surface area contributed by atoms with Crippen LogP contribution in [0.4, 0.5) is 5.82 Å². The third kappa shape index (κ3) is 3.88. The van der Waals surface area contributed by atoms with Gasteiger partial charge in [0.2, 0.25) is 11.8 Å². The van der Waals surface area contributed by atoms with Crippen molar-refractivity contribution < 1.29 is 9.53 Å². The summed E-state index contributed by atoms with van der Waals surface area (Å²) < 4.78 is 6.08. The van der Waals surface area contributed by atoms with Crippen molar-refractivity contribution >= 4 is 11.7 Å². The third-order valence-electron chi connectivity index (χ3n) is 5.76. The first-order chi connectivity index (χ1) is 12.3. The highest BCUT2D eigenvalue weighted by atomic mass is 16.5. The van der Waals surface area contributed by atoms with Crippen molar-refractivity contribution in [2.75, 3.05) is 31.1 Å². The van der Waals surface area contributed by atoms with Crippen LogP contribution in [0.3, 0.4) is 0 Å². The highest BCUT2D eigenvalue weighted by Gasteiger charge is 2.33. The number of carbonyl (C=O) groups excluding carboxylic acids is 1. The molecule has 3 aliphatic rings. The maximum Gasteiger partial charge on any atom is 0.225 e. The number of rotatable bonds is 4. The lowest BCUT2D eigenvalue weighted by Gasteiger charge is -2.27. The second kappa shape index (κ2) is 7.58. The Morgan fingerprint density at radius 2 is 1.80 bits per heavy atom. The van der Waals surface area contributed by atoms with Crippen molar-refractivity contribution in [1.82, 2.24) is 14.9 Å². The second-order valence-corrected chi connectivity index (χ2v) is 7.56. The van der Waals surface area contributed by atoms with Gasteiger partial charge in [0, 0.05) is 38.0 Å². The predicted octanol–water partition coefficient (Wildman–Crippen LogP) is 2.64. The minimum Gasteiger partial charge on any atom is -0.472 e. The Morgan fingerprint density at radius 1 is 1.00 bits per heavy atom. The van der Waals surface area contributed by atoms with Crippen molar-refractivity contribution in [1.29, 1.82) is 0 Å². The summed E-state index contributed by atoms with van der Waals surface area (Å²) in [6.07, 6.45) is 10.8. The number of anilines is 1. The summed E-state index contributed by atoms with van der Waals surface area (Å²) in [7, 11) is 0. The Bertz CT molecular complexity index is 597. The van der Waals surface area contributed by atoms with Crippen LogP contribution in [0, 0.1) is 5.92 Å². The SMILES string of the molecule is O=C(C1CCCC1)N1CC[C@@H](Oc2cc(N3CCCCC3)ncn2)C1. The minimum atomic E-state index is 0.0504. The zero-order valence-electron chi connectivity index (χ0n) is 14.9. The summed E-state index contributed by atoms with van der Waals surface area (Å²) >= 11 is 0. The average molecular weight is 344 g/mol. The average Bonchev–Trinajstić information content (AvgIpc) is 3.34. The molecule has 1 atom stereocenters. The standard InChI is InChI=1S/C19H28N4O2/c24-19(15-6-2-3-7-15)23-11-8-16(13-23)25-18-12-17(20-14-21-18)22-9-4-1-5-10-22/h12,14-16H,1-11,13H2/t16-/m1/s1. The van der Waals surface area contributed by atoms with E-state index in [9.17, 15) is 4.79 Å². The molecular formula is C19H28N4O2. The second-order valence-electron chi connectivity index (χ2n) is 7.56. The number of likely N-dealkylation sites (tertiary alicyclic amines) is 1. The molecule has 1 aromatic heterocycles. The van der Waals surface area contributed by atoms with Crippen molar-refractivity contribution in [2.45, 2.75) is 57.5 Å². The highest BCUT2D eigenvalue weighted by molar-refractivity contribution is 5.79. The van der Waals surface area contributed by atoms with Crippen LogP contribution >= 0.6 is 0 Å². The zero-order chi connectivity index (χ0) is 17.1. The molecule has 3 fully saturated rings. The summed E-state index contributed by atoms with van der Waals surface area (Å²) in [4.78, 5) is 25.5. The molecule has 0 radical (unpaired) electrons. The maximum atomic E-state index is 12.5. The van der Waals surface area contributed by atoms with Crippen LogP contribution in [0.5, 0.6) is 5.88 Å². The smallest absolute Gasteiger partial charge is 0.225 e. The molecule has 0 bridgehead atoms. The van der Waals surface area contributed by atoms with Gasteiger partial charge >= 0.3 is 0 Å². The van der Waals surface area contributed by atoms with Gasteiger partial charge in [-0.05, 0) is 32.1 Å². The van der Waals surface area contributed by atoms with Gasteiger partial charge < -0.3 is 14.5 Å². The third-order valence-corrected chi connectivity index (χ3v) is 5.76. The van der Waals surface area contributed by atoms with Crippen molar-refractivity contribution in [3.8, 4) is 5.88 Å². The molecule has 0 N–H and O–H groups in total. The van der Waals surface area contributed by atoms with Crippen LogP contribution < -0.4 is 9.64 Å². The number of hydrogen-bond acceptors (Lipinski definition) is 5. The minimum absolute atomic E-state index is 0.0504. The molecule has 25 heavy (non-hydrogen) atoms. The van der Waals surface area contributed by atoms with E-state index in [1.807, 2.05) is 11.0 Å². The fourth-order valence-corrected chi connectivity index (χ4v) is 4.32. The van der Waals surface area contributed by atoms with Gasteiger partial charge in [-0.1, -0.05) is 12.8 Å². The van der Waals surface area contributed by atoms with Gasteiger partial charge in [0.1, 0.15) is 18.2 Å². The van der Waals surface area contributed by atoms with Gasteiger partial charge in [-0.15, -0.1) is 0 Å². The molecule has 3 heterocycles. The molecule has 1 aliphatic carbocycles. The number of carbonyl (C=O) groups is 1. The number of hydrogen-bond donors (Lipinski definition) is 0. The molecule has 1 saturated carbocycles. The molecule has 6 nitrogen and oxygen atoms in total. The molecule has 4 rings (SSSR count). The van der Waals surface area contributed by atoms with Crippen molar-refractivity contribution in [3.05, 3.63) is 12.4 Å². The van der Waals surface area contributed by atoms with E-state index in [-0.39, 0.29) is 12.0 Å².